The summed E-state index contributed by atoms with van der Waals surface area (Å²) in [7, 11) is 0. The summed E-state index contributed by atoms with van der Waals surface area (Å²) in [6.45, 7) is 3.82. The molecule has 1 amide bonds. The summed E-state index contributed by atoms with van der Waals surface area (Å²) in [5, 5.41) is 12.2. The van der Waals surface area contributed by atoms with E-state index in [9.17, 15) is 14.3 Å². The van der Waals surface area contributed by atoms with Gasteiger partial charge in [0.25, 0.3) is 5.91 Å². The highest BCUT2D eigenvalue weighted by Gasteiger charge is 2.13. The third-order valence-electron chi connectivity index (χ3n) is 2.83. The lowest BCUT2D eigenvalue weighted by molar-refractivity contribution is 0.102. The van der Waals surface area contributed by atoms with Gasteiger partial charge in [0.1, 0.15) is 11.6 Å². The predicted molar refractivity (Wildman–Crippen MR) is 71.9 cm³/mol. The Kier molecular flexibility index (Phi) is 3.51. The molecule has 0 heterocycles. The van der Waals surface area contributed by atoms with Gasteiger partial charge in [-0.05, 0) is 43.7 Å². The molecule has 0 aliphatic heterocycles. The zero-order valence-electron chi connectivity index (χ0n) is 10.7. The first-order valence-corrected chi connectivity index (χ1v) is 5.84. The minimum absolute atomic E-state index is 0.0834. The highest BCUT2D eigenvalue weighted by Crippen LogP contribution is 2.21. The summed E-state index contributed by atoms with van der Waals surface area (Å²) in [5.41, 5.74) is 2.55. The van der Waals surface area contributed by atoms with Crippen molar-refractivity contribution >= 4 is 11.6 Å². The van der Waals surface area contributed by atoms with Crippen LogP contribution in [0.3, 0.4) is 0 Å². The Hall–Kier alpha value is -2.36. The molecule has 0 spiro atoms. The molecule has 0 fully saturated rings. The molecule has 0 unspecified atom stereocenters. The smallest absolute Gasteiger partial charge is 0.259 e. The molecule has 2 rings (SSSR count). The first-order valence-electron chi connectivity index (χ1n) is 5.84. The van der Waals surface area contributed by atoms with Gasteiger partial charge in [-0.1, -0.05) is 17.7 Å². The number of carbonyl (C=O) groups is 1. The number of halogens is 1. The van der Waals surface area contributed by atoms with Crippen molar-refractivity contribution in [3.05, 3.63) is 58.9 Å². The molecule has 4 heteroatoms. The molecule has 0 bridgehead atoms. The molecule has 19 heavy (non-hydrogen) atoms. The fourth-order valence-electron chi connectivity index (χ4n) is 1.83. The lowest BCUT2D eigenvalue weighted by atomic mass is 10.1. The number of benzene rings is 2. The van der Waals surface area contributed by atoms with Crippen molar-refractivity contribution in [2.24, 2.45) is 0 Å². The van der Waals surface area contributed by atoms with Gasteiger partial charge in [-0.25, -0.2) is 4.39 Å². The van der Waals surface area contributed by atoms with Crippen LogP contribution in [0, 0.1) is 19.7 Å². The van der Waals surface area contributed by atoms with Crippen LogP contribution in [0.5, 0.6) is 5.75 Å². The van der Waals surface area contributed by atoms with E-state index in [4.69, 9.17) is 0 Å². The number of nitrogens with one attached hydrogen (secondary N) is 1. The Morgan fingerprint density at radius 3 is 2.58 bits per heavy atom. The third kappa shape index (κ3) is 2.91. The topological polar surface area (TPSA) is 49.3 Å². The number of phenolic OH excluding ortho intramolecular Hbond substituents is 1. The van der Waals surface area contributed by atoms with Crippen LogP contribution >= 0.6 is 0 Å². The molecule has 0 aliphatic carbocycles. The molecular formula is C15H14FNO2. The maximum atomic E-state index is 13.1. The van der Waals surface area contributed by atoms with Gasteiger partial charge >= 0.3 is 0 Å². The first kappa shape index (κ1) is 13.1. The Labute approximate surface area is 110 Å². The lowest BCUT2D eigenvalue weighted by Crippen LogP contribution is -2.13. The van der Waals surface area contributed by atoms with Gasteiger partial charge in [0.15, 0.2) is 0 Å². The summed E-state index contributed by atoms with van der Waals surface area (Å²) >= 11 is 0. The van der Waals surface area contributed by atoms with E-state index in [2.05, 4.69) is 5.32 Å². The van der Waals surface area contributed by atoms with Crippen LogP contribution in [-0.2, 0) is 0 Å². The number of amides is 1. The average molecular weight is 259 g/mol. The van der Waals surface area contributed by atoms with Crippen molar-refractivity contribution in [2.75, 3.05) is 5.32 Å². The van der Waals surface area contributed by atoms with Gasteiger partial charge in [-0.15, -0.1) is 0 Å². The number of aryl methyl sites for hydroxylation is 2. The fourth-order valence-corrected chi connectivity index (χ4v) is 1.83. The second kappa shape index (κ2) is 5.10. The van der Waals surface area contributed by atoms with E-state index in [1.807, 2.05) is 26.0 Å². The maximum absolute atomic E-state index is 13.1. The maximum Gasteiger partial charge on any atom is 0.259 e. The van der Waals surface area contributed by atoms with Gasteiger partial charge in [0.05, 0.1) is 5.56 Å². The number of anilines is 1. The van der Waals surface area contributed by atoms with Crippen LogP contribution in [0.2, 0.25) is 0 Å². The molecule has 0 saturated heterocycles. The SMILES string of the molecule is Cc1ccc(NC(=O)c2cc(F)ccc2O)c(C)c1. The van der Waals surface area contributed by atoms with E-state index in [0.29, 0.717) is 5.69 Å². The van der Waals surface area contributed by atoms with Crippen LogP contribution in [0.15, 0.2) is 36.4 Å². The Bertz CT molecular complexity index is 638. The number of aromatic hydroxyl groups is 1. The quantitative estimate of drug-likeness (QED) is 0.868. The first-order chi connectivity index (χ1) is 8.97. The van der Waals surface area contributed by atoms with Gasteiger partial charge in [-0.2, -0.15) is 0 Å². The van der Waals surface area contributed by atoms with Crippen LogP contribution < -0.4 is 5.32 Å². The predicted octanol–water partition coefficient (Wildman–Crippen LogP) is 3.40. The Morgan fingerprint density at radius 2 is 1.89 bits per heavy atom. The highest BCUT2D eigenvalue weighted by molar-refractivity contribution is 6.06. The van der Waals surface area contributed by atoms with E-state index in [1.54, 1.807) is 6.07 Å². The summed E-state index contributed by atoms with van der Waals surface area (Å²) in [4.78, 5) is 12.0. The van der Waals surface area contributed by atoms with Crippen molar-refractivity contribution in [1.29, 1.82) is 0 Å². The number of carbonyl (C=O) groups excluding carboxylic acids is 1. The van der Waals surface area contributed by atoms with E-state index < -0.39 is 11.7 Å². The summed E-state index contributed by atoms with van der Waals surface area (Å²) < 4.78 is 13.1. The standard InChI is InChI=1S/C15H14FNO2/c1-9-3-5-13(10(2)7-9)17-15(19)12-8-11(16)4-6-14(12)18/h3-8,18H,1-2H3,(H,17,19). The monoisotopic (exact) mass is 259 g/mol. The van der Waals surface area contributed by atoms with Gasteiger partial charge in [-0.3, -0.25) is 4.79 Å². The number of hydrogen-bond acceptors (Lipinski definition) is 2. The second-order valence-corrected chi connectivity index (χ2v) is 4.43. The fraction of sp³-hybridized carbons (Fsp3) is 0.133. The summed E-state index contributed by atoms with van der Waals surface area (Å²) in [5.74, 6) is -1.35. The van der Waals surface area contributed by atoms with Gasteiger partial charge in [0, 0.05) is 5.69 Å². The normalized spacial score (nSPS) is 10.3. The largest absolute Gasteiger partial charge is 0.507 e. The van der Waals surface area contributed by atoms with Crippen molar-refractivity contribution in [3.63, 3.8) is 0 Å². The zero-order valence-corrected chi connectivity index (χ0v) is 10.7. The molecule has 0 aliphatic rings. The van der Waals surface area contributed by atoms with Crippen molar-refractivity contribution < 1.29 is 14.3 Å². The number of hydrogen-bond donors (Lipinski definition) is 2. The van der Waals surface area contributed by atoms with Crippen LogP contribution in [0.4, 0.5) is 10.1 Å². The summed E-state index contributed by atoms with van der Waals surface area (Å²) in [6.07, 6.45) is 0. The molecule has 0 saturated carbocycles. The van der Waals surface area contributed by atoms with Crippen LogP contribution in [0.1, 0.15) is 21.5 Å². The van der Waals surface area contributed by atoms with Crippen LogP contribution in [0.25, 0.3) is 0 Å². The van der Waals surface area contributed by atoms with E-state index in [-0.39, 0.29) is 11.3 Å². The zero-order chi connectivity index (χ0) is 14.0. The molecule has 3 nitrogen and oxygen atoms in total. The Balaban J connectivity index is 2.28. The molecule has 2 N–H and O–H groups in total. The van der Waals surface area contributed by atoms with Gasteiger partial charge < -0.3 is 10.4 Å². The van der Waals surface area contributed by atoms with Crippen LogP contribution in [-0.4, -0.2) is 11.0 Å². The minimum Gasteiger partial charge on any atom is -0.507 e. The van der Waals surface area contributed by atoms with Crippen molar-refractivity contribution in [2.45, 2.75) is 13.8 Å². The third-order valence-corrected chi connectivity index (χ3v) is 2.83. The van der Waals surface area contributed by atoms with E-state index in [0.717, 1.165) is 29.3 Å². The highest BCUT2D eigenvalue weighted by atomic mass is 19.1. The number of phenols is 1. The van der Waals surface area contributed by atoms with E-state index in [1.165, 1.54) is 0 Å². The van der Waals surface area contributed by atoms with Crippen molar-refractivity contribution in [3.8, 4) is 5.75 Å². The molecular weight excluding hydrogens is 245 g/mol. The molecule has 98 valence electrons. The second-order valence-electron chi connectivity index (χ2n) is 4.43. The Morgan fingerprint density at radius 1 is 1.16 bits per heavy atom. The molecule has 0 atom stereocenters. The average Bonchev–Trinajstić information content (AvgIpc) is 2.35. The minimum atomic E-state index is -0.566. The lowest BCUT2D eigenvalue weighted by Gasteiger charge is -2.10. The number of rotatable bonds is 2. The molecule has 0 aromatic heterocycles. The molecule has 0 radical (unpaired) electrons. The van der Waals surface area contributed by atoms with E-state index >= 15 is 0 Å². The summed E-state index contributed by atoms with van der Waals surface area (Å²) in [6, 6.07) is 8.84. The van der Waals surface area contributed by atoms with Gasteiger partial charge in [0.2, 0.25) is 0 Å². The molecule has 2 aromatic rings. The molecule has 2 aromatic carbocycles. The van der Waals surface area contributed by atoms with Crippen molar-refractivity contribution in [1.82, 2.24) is 0 Å².